The third-order valence-electron chi connectivity index (χ3n) is 6.25. The fourth-order valence-corrected chi connectivity index (χ4v) is 5.09. The van der Waals surface area contributed by atoms with Gasteiger partial charge in [-0.25, -0.2) is 0 Å². The molecule has 2 aliphatic heterocycles. The van der Waals surface area contributed by atoms with Crippen molar-refractivity contribution in [3.63, 3.8) is 0 Å². The maximum Gasteiger partial charge on any atom is 0.294 e. The van der Waals surface area contributed by atoms with Crippen LogP contribution < -0.4 is 0 Å². The Morgan fingerprint density at radius 3 is 2.69 bits per heavy atom. The van der Waals surface area contributed by atoms with Crippen LogP contribution in [0.1, 0.15) is 22.5 Å². The Hall–Kier alpha value is -4.18. The SMILES string of the molecule is Cc1ccc([N+](=O)[O-])cc1-c1ccc(/C=C2\SC(=O)N(CC(=O)N3CCc4ccccc4C3)C2=O)o1. The number of carbonyl (C=O) groups is 3. The van der Waals surface area contributed by atoms with Gasteiger partial charge in [0, 0.05) is 36.9 Å². The minimum atomic E-state index is -0.555. The maximum atomic E-state index is 12.9. The Morgan fingerprint density at radius 1 is 1.14 bits per heavy atom. The highest BCUT2D eigenvalue weighted by atomic mass is 32.2. The molecule has 1 aromatic heterocycles. The standard InChI is InChI=1S/C26H21N3O6S/c1-16-6-7-19(29(33)34)12-21(16)22-9-8-20(35-22)13-23-25(31)28(26(32)36-23)15-24(30)27-11-10-17-4-2-3-5-18(17)14-27/h2-9,12-13H,10-11,14-15H2,1H3/b23-13-. The van der Waals surface area contributed by atoms with Crippen molar-refractivity contribution in [2.45, 2.75) is 19.9 Å². The molecule has 0 bridgehead atoms. The molecule has 182 valence electrons. The molecule has 1 fully saturated rings. The van der Waals surface area contributed by atoms with Crippen LogP contribution in [0.15, 0.2) is 63.9 Å². The second-order valence-corrected chi connectivity index (χ2v) is 9.55. The molecule has 0 unspecified atom stereocenters. The van der Waals surface area contributed by atoms with Crippen LogP contribution in [0.3, 0.4) is 0 Å². The monoisotopic (exact) mass is 503 g/mol. The van der Waals surface area contributed by atoms with Gasteiger partial charge in [0.1, 0.15) is 18.1 Å². The van der Waals surface area contributed by atoms with E-state index in [1.807, 2.05) is 31.2 Å². The summed E-state index contributed by atoms with van der Waals surface area (Å²) in [5, 5.41) is 10.6. The van der Waals surface area contributed by atoms with Crippen LogP contribution in [0.2, 0.25) is 0 Å². The number of nitro groups is 1. The van der Waals surface area contributed by atoms with Gasteiger partial charge >= 0.3 is 0 Å². The van der Waals surface area contributed by atoms with Crippen molar-refractivity contribution in [1.29, 1.82) is 0 Å². The summed E-state index contributed by atoms with van der Waals surface area (Å²) < 4.78 is 5.81. The van der Waals surface area contributed by atoms with Crippen LogP contribution in [0.5, 0.6) is 0 Å². The highest BCUT2D eigenvalue weighted by Crippen LogP contribution is 2.34. The average molecular weight is 504 g/mol. The van der Waals surface area contributed by atoms with Gasteiger partial charge in [-0.15, -0.1) is 0 Å². The van der Waals surface area contributed by atoms with Gasteiger partial charge in [0.15, 0.2) is 0 Å². The fourth-order valence-electron chi connectivity index (χ4n) is 4.27. The normalized spacial score (nSPS) is 16.5. The van der Waals surface area contributed by atoms with Crippen molar-refractivity contribution in [3.8, 4) is 11.3 Å². The Balaban J connectivity index is 1.29. The molecular weight excluding hydrogens is 482 g/mol. The Kier molecular flexibility index (Phi) is 6.19. The third-order valence-corrected chi connectivity index (χ3v) is 7.16. The molecule has 0 N–H and O–H groups in total. The number of carbonyl (C=O) groups excluding carboxylic acids is 3. The number of thioether (sulfide) groups is 1. The molecule has 10 heteroatoms. The zero-order valence-corrected chi connectivity index (χ0v) is 20.1. The number of benzene rings is 2. The molecule has 0 radical (unpaired) electrons. The molecule has 0 aliphatic carbocycles. The molecule has 2 aliphatic rings. The lowest BCUT2D eigenvalue weighted by Gasteiger charge is -2.29. The molecule has 0 atom stereocenters. The second-order valence-electron chi connectivity index (χ2n) is 8.56. The van der Waals surface area contributed by atoms with Crippen LogP contribution in [-0.2, 0) is 22.6 Å². The molecule has 3 heterocycles. The van der Waals surface area contributed by atoms with Gasteiger partial charge < -0.3 is 9.32 Å². The van der Waals surface area contributed by atoms with Gasteiger partial charge in [-0.3, -0.25) is 29.4 Å². The number of hydrogen-bond acceptors (Lipinski definition) is 7. The van der Waals surface area contributed by atoms with E-state index in [-0.39, 0.29) is 23.0 Å². The zero-order chi connectivity index (χ0) is 25.4. The van der Waals surface area contributed by atoms with E-state index in [4.69, 9.17) is 4.42 Å². The Labute approximate surface area is 210 Å². The fraction of sp³-hybridized carbons (Fsp3) is 0.192. The summed E-state index contributed by atoms with van der Waals surface area (Å²) in [7, 11) is 0. The number of nitrogens with zero attached hydrogens (tertiary/aromatic N) is 3. The van der Waals surface area contributed by atoms with Crippen molar-refractivity contribution in [2.75, 3.05) is 13.1 Å². The molecule has 2 aromatic carbocycles. The molecule has 9 nitrogen and oxygen atoms in total. The van der Waals surface area contributed by atoms with Crippen molar-refractivity contribution in [3.05, 3.63) is 92.1 Å². The number of amides is 3. The summed E-state index contributed by atoms with van der Waals surface area (Å²) in [6.45, 7) is 2.48. The maximum absolute atomic E-state index is 12.9. The minimum Gasteiger partial charge on any atom is -0.457 e. The number of rotatable bonds is 5. The summed E-state index contributed by atoms with van der Waals surface area (Å²) in [5.74, 6) is -0.114. The third kappa shape index (κ3) is 4.55. The Bertz CT molecular complexity index is 1440. The Morgan fingerprint density at radius 2 is 1.92 bits per heavy atom. The lowest BCUT2D eigenvalue weighted by Crippen LogP contribution is -2.44. The highest BCUT2D eigenvalue weighted by Gasteiger charge is 2.37. The number of furan rings is 1. The zero-order valence-electron chi connectivity index (χ0n) is 19.3. The summed E-state index contributed by atoms with van der Waals surface area (Å²) in [6.07, 6.45) is 2.18. The summed E-state index contributed by atoms with van der Waals surface area (Å²) in [6, 6.07) is 15.7. The number of nitro benzene ring substituents is 1. The van der Waals surface area contributed by atoms with Crippen LogP contribution >= 0.6 is 11.8 Å². The minimum absolute atomic E-state index is 0.0588. The quantitative estimate of drug-likeness (QED) is 0.279. The predicted molar refractivity (Wildman–Crippen MR) is 134 cm³/mol. The molecule has 3 amide bonds. The molecule has 0 spiro atoms. The van der Waals surface area contributed by atoms with E-state index in [9.17, 15) is 24.5 Å². The first-order chi connectivity index (χ1) is 17.3. The van der Waals surface area contributed by atoms with E-state index in [0.717, 1.165) is 34.2 Å². The number of fused-ring (bicyclic) bond motifs is 1. The highest BCUT2D eigenvalue weighted by molar-refractivity contribution is 8.18. The van der Waals surface area contributed by atoms with Gasteiger partial charge in [-0.05, 0) is 53.9 Å². The molecule has 1 saturated heterocycles. The topological polar surface area (TPSA) is 114 Å². The van der Waals surface area contributed by atoms with Gasteiger partial charge in [0.25, 0.3) is 16.8 Å². The predicted octanol–water partition coefficient (Wildman–Crippen LogP) is 4.78. The van der Waals surface area contributed by atoms with Crippen molar-refractivity contribution >= 4 is 40.6 Å². The van der Waals surface area contributed by atoms with Gasteiger partial charge in [-0.1, -0.05) is 30.3 Å². The molecule has 5 rings (SSSR count). The number of imide groups is 1. The molecular formula is C26H21N3O6S. The summed E-state index contributed by atoms with van der Waals surface area (Å²) in [4.78, 5) is 51.7. The molecule has 0 saturated carbocycles. The van der Waals surface area contributed by atoms with E-state index in [2.05, 4.69) is 0 Å². The van der Waals surface area contributed by atoms with Gasteiger partial charge in [0.2, 0.25) is 5.91 Å². The first kappa shape index (κ1) is 23.6. The van der Waals surface area contributed by atoms with E-state index >= 15 is 0 Å². The van der Waals surface area contributed by atoms with E-state index in [0.29, 0.717) is 30.2 Å². The van der Waals surface area contributed by atoms with E-state index in [1.165, 1.54) is 23.8 Å². The van der Waals surface area contributed by atoms with Gasteiger partial charge in [-0.2, -0.15) is 0 Å². The number of aryl methyl sites for hydroxylation is 1. The second kappa shape index (κ2) is 9.46. The lowest BCUT2D eigenvalue weighted by molar-refractivity contribution is -0.384. The lowest BCUT2D eigenvalue weighted by atomic mass is 10.00. The van der Waals surface area contributed by atoms with Crippen LogP contribution in [-0.4, -0.2) is 44.9 Å². The molecule has 3 aromatic rings. The summed E-state index contributed by atoms with van der Waals surface area (Å²) in [5.41, 5.74) is 3.57. The largest absolute Gasteiger partial charge is 0.457 e. The summed E-state index contributed by atoms with van der Waals surface area (Å²) >= 11 is 0.747. The first-order valence-electron chi connectivity index (χ1n) is 11.3. The number of hydrogen-bond donors (Lipinski definition) is 0. The van der Waals surface area contributed by atoms with Crippen molar-refractivity contribution in [2.24, 2.45) is 0 Å². The van der Waals surface area contributed by atoms with Gasteiger partial charge in [0.05, 0.1) is 9.83 Å². The van der Waals surface area contributed by atoms with Crippen molar-refractivity contribution < 1.29 is 23.7 Å². The van der Waals surface area contributed by atoms with Crippen molar-refractivity contribution in [1.82, 2.24) is 9.80 Å². The van der Waals surface area contributed by atoms with E-state index < -0.39 is 16.1 Å². The van der Waals surface area contributed by atoms with Crippen LogP contribution in [0, 0.1) is 17.0 Å². The first-order valence-corrected chi connectivity index (χ1v) is 12.1. The smallest absolute Gasteiger partial charge is 0.294 e. The van der Waals surface area contributed by atoms with E-state index in [1.54, 1.807) is 23.1 Å². The number of non-ortho nitro benzene ring substituents is 1. The van der Waals surface area contributed by atoms with Crippen LogP contribution in [0.4, 0.5) is 10.5 Å². The average Bonchev–Trinajstić information content (AvgIpc) is 3.43. The molecule has 36 heavy (non-hydrogen) atoms. The van der Waals surface area contributed by atoms with Crippen LogP contribution in [0.25, 0.3) is 17.4 Å².